The van der Waals surface area contributed by atoms with Gasteiger partial charge in [0.15, 0.2) is 17.5 Å². The summed E-state index contributed by atoms with van der Waals surface area (Å²) < 4.78 is 2.62. The van der Waals surface area contributed by atoms with E-state index in [1.54, 1.807) is 0 Å². The fourth-order valence-corrected chi connectivity index (χ4v) is 10.8. The molecule has 0 atom stereocenters. The van der Waals surface area contributed by atoms with Crippen LogP contribution in [0.5, 0.6) is 0 Å². The molecule has 286 valence electrons. The minimum Gasteiger partial charge on any atom is -0.309 e. The lowest BCUT2D eigenvalue weighted by Gasteiger charge is -2.47. The monoisotopic (exact) mass is 788 g/mol. The SMILES string of the molecule is Cc1cc(-c2nc(-c3ccccc3)nc(-c3ccccc3)n2)c(C)c(C)c1N1c2ccccc2C(c2ccccc2)(c2cccc3c2sc2ccccc23)c2ccccc21. The molecular formula is C55H40N4S. The number of aromatic nitrogens is 3. The molecule has 0 unspecified atom stereocenters. The molecule has 0 amide bonds. The zero-order valence-corrected chi connectivity index (χ0v) is 34.4. The van der Waals surface area contributed by atoms with E-state index in [9.17, 15) is 0 Å². The quantitative estimate of drug-likeness (QED) is 0.168. The third kappa shape index (κ3) is 5.46. The second kappa shape index (κ2) is 14.3. The molecule has 0 fully saturated rings. The van der Waals surface area contributed by atoms with E-state index >= 15 is 0 Å². The van der Waals surface area contributed by atoms with Gasteiger partial charge in [0.25, 0.3) is 0 Å². The Morgan fingerprint density at radius 2 is 0.950 bits per heavy atom. The molecule has 0 N–H and O–H groups in total. The molecule has 0 saturated heterocycles. The molecular weight excluding hydrogens is 749 g/mol. The highest BCUT2D eigenvalue weighted by atomic mass is 32.1. The van der Waals surface area contributed by atoms with Crippen LogP contribution in [0.15, 0.2) is 188 Å². The molecule has 1 aliphatic heterocycles. The molecule has 0 radical (unpaired) electrons. The maximum absolute atomic E-state index is 5.15. The molecule has 0 saturated carbocycles. The van der Waals surface area contributed by atoms with Gasteiger partial charge in [-0.15, -0.1) is 11.3 Å². The van der Waals surface area contributed by atoms with E-state index in [1.165, 1.54) is 53.7 Å². The highest BCUT2D eigenvalue weighted by Crippen LogP contribution is 2.60. The van der Waals surface area contributed by atoms with Crippen LogP contribution < -0.4 is 4.90 Å². The molecule has 60 heavy (non-hydrogen) atoms. The largest absolute Gasteiger partial charge is 0.309 e. The minimum absolute atomic E-state index is 0.602. The molecule has 5 heteroatoms. The number of aryl methyl sites for hydroxylation is 1. The highest BCUT2D eigenvalue weighted by molar-refractivity contribution is 7.26. The number of fused-ring (bicyclic) bond motifs is 5. The van der Waals surface area contributed by atoms with E-state index < -0.39 is 5.41 Å². The number of hydrogen-bond donors (Lipinski definition) is 0. The van der Waals surface area contributed by atoms with Gasteiger partial charge in [-0.2, -0.15) is 0 Å². The first-order valence-corrected chi connectivity index (χ1v) is 21.3. The van der Waals surface area contributed by atoms with Crippen LogP contribution >= 0.6 is 11.3 Å². The molecule has 11 rings (SSSR count). The van der Waals surface area contributed by atoms with Gasteiger partial charge in [0.2, 0.25) is 0 Å². The van der Waals surface area contributed by atoms with Crippen LogP contribution in [0, 0.1) is 20.8 Å². The molecule has 1 aliphatic rings. The van der Waals surface area contributed by atoms with Gasteiger partial charge >= 0.3 is 0 Å². The van der Waals surface area contributed by atoms with E-state index in [-0.39, 0.29) is 0 Å². The smallest absolute Gasteiger partial charge is 0.164 e. The van der Waals surface area contributed by atoms with E-state index in [2.05, 4.69) is 177 Å². The molecule has 8 aromatic carbocycles. The Morgan fingerprint density at radius 3 is 1.58 bits per heavy atom. The van der Waals surface area contributed by atoms with Gasteiger partial charge in [0.1, 0.15) is 0 Å². The number of rotatable bonds is 6. The predicted octanol–water partition coefficient (Wildman–Crippen LogP) is 14.3. The summed E-state index contributed by atoms with van der Waals surface area (Å²) in [6.45, 7) is 6.69. The lowest BCUT2D eigenvalue weighted by atomic mass is 9.62. The number of nitrogens with zero attached hydrogens (tertiary/aromatic N) is 4. The predicted molar refractivity (Wildman–Crippen MR) is 250 cm³/mol. The zero-order valence-electron chi connectivity index (χ0n) is 33.6. The van der Waals surface area contributed by atoms with Crippen molar-refractivity contribution in [2.45, 2.75) is 26.2 Å². The van der Waals surface area contributed by atoms with Crippen molar-refractivity contribution >= 4 is 48.6 Å². The second-order valence-corrected chi connectivity index (χ2v) is 16.7. The average molecular weight is 789 g/mol. The van der Waals surface area contributed by atoms with Crippen LogP contribution in [0.25, 0.3) is 54.3 Å². The normalized spacial score (nSPS) is 13.0. The van der Waals surface area contributed by atoms with Crippen LogP contribution in [-0.2, 0) is 5.41 Å². The summed E-state index contributed by atoms with van der Waals surface area (Å²) in [6.07, 6.45) is 0. The Labute approximate surface area is 354 Å². The first kappa shape index (κ1) is 35.9. The summed E-state index contributed by atoms with van der Waals surface area (Å²) in [6, 6.07) is 67.6. The molecule has 10 aromatic rings. The van der Waals surface area contributed by atoms with Crippen LogP contribution in [-0.4, -0.2) is 15.0 Å². The van der Waals surface area contributed by atoms with Crippen LogP contribution in [0.4, 0.5) is 17.1 Å². The topological polar surface area (TPSA) is 41.9 Å². The van der Waals surface area contributed by atoms with Gasteiger partial charge in [0, 0.05) is 36.9 Å². The number of hydrogen-bond acceptors (Lipinski definition) is 5. The van der Waals surface area contributed by atoms with Gasteiger partial charge in [-0.05, 0) is 84.0 Å². The number of para-hydroxylation sites is 2. The average Bonchev–Trinajstić information content (AvgIpc) is 3.70. The third-order valence-electron chi connectivity index (χ3n) is 12.3. The fourth-order valence-electron chi connectivity index (χ4n) is 9.55. The van der Waals surface area contributed by atoms with Crippen molar-refractivity contribution in [1.82, 2.24) is 15.0 Å². The number of thiophene rings is 1. The van der Waals surface area contributed by atoms with Crippen molar-refractivity contribution in [3.63, 3.8) is 0 Å². The van der Waals surface area contributed by atoms with E-state index in [0.717, 1.165) is 39.2 Å². The molecule has 0 aliphatic carbocycles. The van der Waals surface area contributed by atoms with Crippen molar-refractivity contribution in [3.05, 3.63) is 227 Å². The van der Waals surface area contributed by atoms with Crippen molar-refractivity contribution in [2.75, 3.05) is 4.90 Å². The standard InChI is InChI=1S/C55H40N4S/c1-35-34-43(54-57-52(38-20-7-4-8-21-38)56-53(58-54)39-22-9-5-10-23-39)36(2)37(3)50(35)59-47-31-16-14-28-44(47)55(40-24-11-6-12-25-40,45-29-15-17-32-48(45)59)46-30-19-27-42-41-26-13-18-33-49(41)60-51(42)46/h4-34H,1-3H3. The molecule has 3 heterocycles. The third-order valence-corrected chi connectivity index (χ3v) is 13.6. The van der Waals surface area contributed by atoms with Gasteiger partial charge in [-0.25, -0.2) is 15.0 Å². The number of anilines is 3. The van der Waals surface area contributed by atoms with E-state index in [0.29, 0.717) is 17.5 Å². The van der Waals surface area contributed by atoms with Crippen LogP contribution in [0.2, 0.25) is 0 Å². The maximum Gasteiger partial charge on any atom is 0.164 e. The molecule has 0 bridgehead atoms. The summed E-state index contributed by atoms with van der Waals surface area (Å²) in [5.41, 5.74) is 14.3. The Balaban J connectivity index is 1.16. The first-order valence-electron chi connectivity index (χ1n) is 20.5. The minimum atomic E-state index is -0.602. The molecule has 4 nitrogen and oxygen atoms in total. The Hall–Kier alpha value is -7.21. The Kier molecular flexibility index (Phi) is 8.54. The molecule has 0 spiro atoms. The maximum atomic E-state index is 5.15. The summed E-state index contributed by atoms with van der Waals surface area (Å²) in [4.78, 5) is 17.8. The summed E-state index contributed by atoms with van der Waals surface area (Å²) >= 11 is 1.90. The van der Waals surface area contributed by atoms with E-state index in [4.69, 9.17) is 15.0 Å². The zero-order chi connectivity index (χ0) is 40.4. The lowest BCUT2D eigenvalue weighted by Crippen LogP contribution is -2.38. The lowest BCUT2D eigenvalue weighted by molar-refractivity contribution is 0.738. The second-order valence-electron chi connectivity index (χ2n) is 15.6. The van der Waals surface area contributed by atoms with Gasteiger partial charge in [-0.1, -0.05) is 164 Å². The summed E-state index contributed by atoms with van der Waals surface area (Å²) in [5.74, 6) is 1.97. The van der Waals surface area contributed by atoms with Gasteiger partial charge in [0.05, 0.1) is 22.5 Å². The van der Waals surface area contributed by atoms with E-state index in [1.807, 2.05) is 47.7 Å². The van der Waals surface area contributed by atoms with Gasteiger partial charge < -0.3 is 4.90 Å². The van der Waals surface area contributed by atoms with Crippen molar-refractivity contribution in [1.29, 1.82) is 0 Å². The Bertz CT molecular complexity index is 3140. The summed E-state index contributed by atoms with van der Waals surface area (Å²) in [5, 5.41) is 2.59. The van der Waals surface area contributed by atoms with Crippen molar-refractivity contribution < 1.29 is 0 Å². The molecule has 2 aromatic heterocycles. The highest BCUT2D eigenvalue weighted by Gasteiger charge is 2.47. The summed E-state index contributed by atoms with van der Waals surface area (Å²) in [7, 11) is 0. The van der Waals surface area contributed by atoms with Crippen molar-refractivity contribution in [3.8, 4) is 34.2 Å². The van der Waals surface area contributed by atoms with Gasteiger partial charge in [-0.3, -0.25) is 0 Å². The first-order chi connectivity index (χ1) is 29.5. The Morgan fingerprint density at radius 1 is 0.450 bits per heavy atom. The van der Waals surface area contributed by atoms with Crippen LogP contribution in [0.3, 0.4) is 0 Å². The fraction of sp³-hybridized carbons (Fsp3) is 0.0727. The number of benzene rings is 8. The van der Waals surface area contributed by atoms with Crippen molar-refractivity contribution in [2.24, 2.45) is 0 Å². The van der Waals surface area contributed by atoms with Crippen LogP contribution in [0.1, 0.15) is 38.9 Å².